The van der Waals surface area contributed by atoms with E-state index in [9.17, 15) is 0 Å². The zero-order valence-corrected chi connectivity index (χ0v) is 43.3. The van der Waals surface area contributed by atoms with Crippen LogP contribution in [0.3, 0.4) is 0 Å². The Morgan fingerprint density at radius 2 is 0.583 bits per heavy atom. The molecule has 60 heavy (non-hydrogen) atoms. The maximum absolute atomic E-state index is 2.87. The third-order valence-corrected chi connectivity index (χ3v) is 17.8. The van der Waals surface area contributed by atoms with Crippen molar-refractivity contribution < 1.29 is 0 Å². The third-order valence-electron chi connectivity index (χ3n) is 17.8. The van der Waals surface area contributed by atoms with E-state index in [1.807, 2.05) is 0 Å². The second-order valence-electron chi connectivity index (χ2n) is 22.2. The first-order chi connectivity index (χ1) is 29.5. The minimum Gasteiger partial charge on any atom is -0.0654 e. The van der Waals surface area contributed by atoms with Crippen LogP contribution in [0.15, 0.2) is 0 Å². The van der Waals surface area contributed by atoms with Gasteiger partial charge in [0.1, 0.15) is 0 Å². The van der Waals surface area contributed by atoms with E-state index in [1.54, 1.807) is 57.8 Å². The Hall–Kier alpha value is 0. The molecule has 2 rings (SSSR count). The average molecular weight is 840 g/mol. The van der Waals surface area contributed by atoms with Crippen molar-refractivity contribution in [3.05, 3.63) is 0 Å². The van der Waals surface area contributed by atoms with Gasteiger partial charge in [0.15, 0.2) is 0 Å². The monoisotopic (exact) mass is 839 g/mol. The Labute approximate surface area is 382 Å². The van der Waals surface area contributed by atoms with E-state index in [0.717, 1.165) is 11.8 Å². The normalized spacial score (nSPS) is 23.8. The molecule has 0 aromatic heterocycles. The zero-order valence-electron chi connectivity index (χ0n) is 43.3. The first-order valence-corrected chi connectivity index (χ1v) is 29.5. The Bertz CT molecular complexity index is 898. The summed E-state index contributed by atoms with van der Waals surface area (Å²) < 4.78 is 0. The molecule has 0 radical (unpaired) electrons. The minimum absolute atomic E-state index is 0.557. The first kappa shape index (κ1) is 56.1. The maximum atomic E-state index is 2.87. The molecule has 358 valence electrons. The second-order valence-corrected chi connectivity index (χ2v) is 22.2. The molecule has 0 spiro atoms. The molecule has 0 amide bonds. The summed E-state index contributed by atoms with van der Waals surface area (Å²) in [5.41, 5.74) is 1.71. The van der Waals surface area contributed by atoms with E-state index >= 15 is 0 Å². The Morgan fingerprint density at radius 1 is 0.300 bits per heavy atom. The van der Waals surface area contributed by atoms with Crippen LogP contribution in [-0.4, -0.2) is 0 Å². The highest BCUT2D eigenvalue weighted by atomic mass is 14.7. The molecule has 0 heterocycles. The van der Waals surface area contributed by atoms with Crippen molar-refractivity contribution in [1.29, 1.82) is 0 Å². The Kier molecular flexibility index (Phi) is 34.8. The second kappa shape index (κ2) is 37.2. The minimum atomic E-state index is 0.557. The molecule has 2 aliphatic rings. The van der Waals surface area contributed by atoms with Crippen LogP contribution < -0.4 is 0 Å². The standard InChI is InChI=1S/C60H118/c1-7-12-17-21-24-26-27-28-29-30-31-32-33-34-37-45-53-59(52-44-36-23-19-14-9-3)58(50-42-16-11-5,51-43-20-15-10-4)55-49-56(6)60(59,57-47-40-39-41-48-57)54-46-38-35-25-22-18-13-8-2/h56-57H,7-55H2,1-6H3. The topological polar surface area (TPSA) is 0 Å². The van der Waals surface area contributed by atoms with Gasteiger partial charge in [-0.25, -0.2) is 0 Å². The smallest absolute Gasteiger partial charge is 0.0179 e. The van der Waals surface area contributed by atoms with E-state index in [1.165, 1.54) is 257 Å². The molecule has 4 unspecified atom stereocenters. The predicted molar refractivity (Wildman–Crippen MR) is 275 cm³/mol. The van der Waals surface area contributed by atoms with Crippen molar-refractivity contribution in [2.75, 3.05) is 0 Å². The summed E-state index contributed by atoms with van der Waals surface area (Å²) in [6.45, 7) is 14.9. The SMILES string of the molecule is CCCCCCCCCCCCCCCCCCC1(CCCCCCCC)C(CCCCC)(CCCCCC)CCC(C)C1(CCCCCCCCCC)C1CCCCC1. The lowest BCUT2D eigenvalue weighted by molar-refractivity contribution is -0.217. The van der Waals surface area contributed by atoms with Crippen molar-refractivity contribution in [2.24, 2.45) is 28.1 Å². The molecular weight excluding hydrogens is 721 g/mol. The van der Waals surface area contributed by atoms with E-state index in [4.69, 9.17) is 0 Å². The van der Waals surface area contributed by atoms with Gasteiger partial charge in [0.25, 0.3) is 0 Å². The van der Waals surface area contributed by atoms with Crippen LogP contribution >= 0.6 is 0 Å². The quantitative estimate of drug-likeness (QED) is 0.0537. The average Bonchev–Trinajstić information content (AvgIpc) is 3.26. The van der Waals surface area contributed by atoms with Gasteiger partial charge in [0, 0.05) is 0 Å². The highest BCUT2D eigenvalue weighted by Crippen LogP contribution is 2.74. The van der Waals surface area contributed by atoms with Gasteiger partial charge < -0.3 is 0 Å². The lowest BCUT2D eigenvalue weighted by Crippen LogP contribution is -2.63. The fraction of sp³-hybridized carbons (Fsp3) is 1.00. The molecule has 2 fully saturated rings. The lowest BCUT2D eigenvalue weighted by atomic mass is 9.34. The molecule has 0 aliphatic heterocycles. The molecular formula is C60H118. The lowest BCUT2D eigenvalue weighted by Gasteiger charge is -2.70. The van der Waals surface area contributed by atoms with Gasteiger partial charge in [-0.3, -0.25) is 0 Å². The molecule has 0 aromatic rings. The molecule has 0 bridgehead atoms. The number of unbranched alkanes of at least 4 members (excludes halogenated alkanes) is 32. The summed E-state index contributed by atoms with van der Waals surface area (Å²) in [6, 6.07) is 0. The van der Waals surface area contributed by atoms with Gasteiger partial charge in [-0.2, -0.15) is 0 Å². The van der Waals surface area contributed by atoms with Gasteiger partial charge in [-0.05, 0) is 85.9 Å². The van der Waals surface area contributed by atoms with Crippen LogP contribution in [0.5, 0.6) is 0 Å². The van der Waals surface area contributed by atoms with Gasteiger partial charge in [-0.15, -0.1) is 0 Å². The van der Waals surface area contributed by atoms with Gasteiger partial charge >= 0.3 is 0 Å². The van der Waals surface area contributed by atoms with Gasteiger partial charge in [0.2, 0.25) is 0 Å². The van der Waals surface area contributed by atoms with Crippen LogP contribution in [0.2, 0.25) is 0 Å². The fourth-order valence-corrected chi connectivity index (χ4v) is 14.4. The summed E-state index contributed by atoms with van der Waals surface area (Å²) >= 11 is 0. The summed E-state index contributed by atoms with van der Waals surface area (Å²) in [5, 5.41) is 0. The van der Waals surface area contributed by atoms with Gasteiger partial charge in [-0.1, -0.05) is 298 Å². The van der Waals surface area contributed by atoms with Crippen LogP contribution in [0, 0.1) is 28.1 Å². The van der Waals surface area contributed by atoms with Crippen LogP contribution in [0.25, 0.3) is 0 Å². The summed E-state index contributed by atoms with van der Waals surface area (Å²) in [7, 11) is 0. The van der Waals surface area contributed by atoms with Crippen LogP contribution in [0.4, 0.5) is 0 Å². The molecule has 2 saturated carbocycles. The number of hydrogen-bond acceptors (Lipinski definition) is 0. The molecule has 0 aromatic carbocycles. The van der Waals surface area contributed by atoms with Gasteiger partial charge in [0.05, 0.1) is 0 Å². The van der Waals surface area contributed by atoms with E-state index in [2.05, 4.69) is 41.5 Å². The van der Waals surface area contributed by atoms with E-state index < -0.39 is 0 Å². The molecule has 0 N–H and O–H groups in total. The third kappa shape index (κ3) is 20.4. The summed E-state index contributed by atoms with van der Waals surface area (Å²) in [5.74, 6) is 1.91. The highest BCUT2D eigenvalue weighted by molar-refractivity contribution is 5.15. The van der Waals surface area contributed by atoms with E-state index in [0.29, 0.717) is 16.2 Å². The van der Waals surface area contributed by atoms with Crippen LogP contribution in [0.1, 0.15) is 356 Å². The number of rotatable bonds is 43. The van der Waals surface area contributed by atoms with E-state index in [-0.39, 0.29) is 0 Å². The number of hydrogen-bond donors (Lipinski definition) is 0. The predicted octanol–water partition coefficient (Wildman–Crippen LogP) is 22.4. The van der Waals surface area contributed by atoms with Crippen molar-refractivity contribution in [3.8, 4) is 0 Å². The fourth-order valence-electron chi connectivity index (χ4n) is 14.4. The molecule has 0 heteroatoms. The van der Waals surface area contributed by atoms with Crippen molar-refractivity contribution in [1.82, 2.24) is 0 Å². The summed E-state index contributed by atoms with van der Waals surface area (Å²) in [6.07, 6.45) is 73.4. The molecule has 0 nitrogen and oxygen atoms in total. The maximum Gasteiger partial charge on any atom is -0.0179 e. The highest BCUT2D eigenvalue weighted by Gasteiger charge is 2.66. The van der Waals surface area contributed by atoms with Crippen molar-refractivity contribution in [3.63, 3.8) is 0 Å². The van der Waals surface area contributed by atoms with Crippen molar-refractivity contribution >= 4 is 0 Å². The Balaban J connectivity index is 2.37. The first-order valence-electron chi connectivity index (χ1n) is 29.5. The molecule has 4 atom stereocenters. The Morgan fingerprint density at radius 3 is 0.967 bits per heavy atom. The summed E-state index contributed by atoms with van der Waals surface area (Å²) in [4.78, 5) is 0. The molecule has 2 aliphatic carbocycles. The van der Waals surface area contributed by atoms with Crippen molar-refractivity contribution in [2.45, 2.75) is 356 Å². The largest absolute Gasteiger partial charge is 0.0654 e. The molecule has 0 saturated heterocycles. The zero-order chi connectivity index (χ0) is 43.3. The van der Waals surface area contributed by atoms with Crippen LogP contribution in [-0.2, 0) is 0 Å².